The van der Waals surface area contributed by atoms with E-state index in [4.69, 9.17) is 0 Å². The highest BCUT2D eigenvalue weighted by molar-refractivity contribution is 8.03. The molecule has 0 fully saturated rings. The molecule has 2 aromatic heterocycles. The molecule has 1 unspecified atom stereocenters. The van der Waals surface area contributed by atoms with Gasteiger partial charge in [-0.3, -0.25) is 9.59 Å². The summed E-state index contributed by atoms with van der Waals surface area (Å²) >= 11 is 2.71. The van der Waals surface area contributed by atoms with Crippen LogP contribution in [0.15, 0.2) is 94.1 Å². The number of pyridine rings is 1. The molecule has 3 aromatic rings. The van der Waals surface area contributed by atoms with Crippen LogP contribution in [0.2, 0.25) is 0 Å². The van der Waals surface area contributed by atoms with E-state index in [0.29, 0.717) is 33.4 Å². The highest BCUT2D eigenvalue weighted by Crippen LogP contribution is 2.42. The molecule has 0 radical (unpaired) electrons. The Morgan fingerprint density at radius 1 is 1.12 bits per heavy atom. The number of hydrogen-bond acceptors (Lipinski definition) is 7. The Bertz CT molecular complexity index is 1280. The first kappa shape index (κ1) is 23.3. The molecule has 4 rings (SSSR count). The molecule has 7 nitrogen and oxygen atoms in total. The summed E-state index contributed by atoms with van der Waals surface area (Å²) in [6.45, 7) is 1.81. The minimum atomic E-state index is -0.531. The number of benzene rings is 1. The van der Waals surface area contributed by atoms with Crippen molar-refractivity contribution in [2.24, 2.45) is 0 Å². The van der Waals surface area contributed by atoms with Crippen molar-refractivity contribution in [1.29, 1.82) is 5.26 Å². The maximum atomic E-state index is 13.3. The number of nitrogens with one attached hydrogen (secondary N) is 3. The molecule has 0 spiro atoms. The van der Waals surface area contributed by atoms with Gasteiger partial charge in [0.1, 0.15) is 5.82 Å². The molecule has 0 aliphatic carbocycles. The summed E-state index contributed by atoms with van der Waals surface area (Å²) in [5.41, 5.74) is 2.19. The van der Waals surface area contributed by atoms with Crippen molar-refractivity contribution in [3.05, 3.63) is 99.0 Å². The van der Waals surface area contributed by atoms with Gasteiger partial charge in [-0.1, -0.05) is 42.1 Å². The quantitative estimate of drug-likeness (QED) is 0.440. The molecule has 0 bridgehead atoms. The Balaban J connectivity index is 1.59. The fourth-order valence-corrected chi connectivity index (χ4v) is 5.28. The van der Waals surface area contributed by atoms with Gasteiger partial charge >= 0.3 is 0 Å². The summed E-state index contributed by atoms with van der Waals surface area (Å²) in [6, 6.07) is 20.5. The lowest BCUT2D eigenvalue weighted by Crippen LogP contribution is -2.30. The van der Waals surface area contributed by atoms with Crippen LogP contribution in [0.1, 0.15) is 17.7 Å². The van der Waals surface area contributed by atoms with Crippen LogP contribution in [-0.2, 0) is 9.59 Å². The fourth-order valence-electron chi connectivity index (χ4n) is 3.54. The summed E-state index contributed by atoms with van der Waals surface area (Å²) in [4.78, 5) is 30.7. The van der Waals surface area contributed by atoms with Crippen LogP contribution in [0.5, 0.6) is 0 Å². The van der Waals surface area contributed by atoms with Gasteiger partial charge in [-0.25, -0.2) is 4.98 Å². The lowest BCUT2D eigenvalue weighted by molar-refractivity contribution is -0.114. The second-order valence-electron chi connectivity index (χ2n) is 7.34. The summed E-state index contributed by atoms with van der Waals surface area (Å²) in [7, 11) is 0. The van der Waals surface area contributed by atoms with E-state index in [2.05, 4.69) is 27.0 Å². The van der Waals surface area contributed by atoms with Gasteiger partial charge in [0, 0.05) is 28.0 Å². The maximum Gasteiger partial charge on any atom is 0.254 e. The Morgan fingerprint density at radius 3 is 2.59 bits per heavy atom. The number of para-hydroxylation sites is 1. The minimum absolute atomic E-state index is 0.0834. The maximum absolute atomic E-state index is 13.3. The summed E-state index contributed by atoms with van der Waals surface area (Å²) in [6.07, 6.45) is 1.60. The molecule has 1 atom stereocenters. The minimum Gasteiger partial charge on any atom is -0.353 e. The first-order chi connectivity index (χ1) is 16.6. The number of hydrogen-bond donors (Lipinski definition) is 3. The number of nitriles is 1. The normalized spacial score (nSPS) is 15.4. The van der Waals surface area contributed by atoms with Crippen LogP contribution in [0, 0.1) is 11.3 Å². The van der Waals surface area contributed by atoms with Crippen molar-refractivity contribution in [2.45, 2.75) is 12.8 Å². The molecule has 9 heteroatoms. The Labute approximate surface area is 205 Å². The van der Waals surface area contributed by atoms with Gasteiger partial charge < -0.3 is 16.0 Å². The average Bonchev–Trinajstić information content (AvgIpc) is 3.38. The smallest absolute Gasteiger partial charge is 0.254 e. The number of dihydropyridines is 1. The molecule has 3 heterocycles. The van der Waals surface area contributed by atoms with Crippen LogP contribution in [-0.4, -0.2) is 22.6 Å². The van der Waals surface area contributed by atoms with E-state index in [1.807, 2.05) is 54.8 Å². The van der Waals surface area contributed by atoms with E-state index in [1.54, 1.807) is 24.4 Å². The SMILES string of the molecule is CC1=C(C(=O)Nc2ccccc2)C(c2cccs2)C(C#N)=C(SCC(=O)Nc2ccccn2)N1. The molecule has 2 amide bonds. The van der Waals surface area contributed by atoms with Crippen molar-refractivity contribution in [3.8, 4) is 6.07 Å². The second kappa shape index (κ2) is 10.8. The first-order valence-corrected chi connectivity index (χ1v) is 12.3. The largest absolute Gasteiger partial charge is 0.353 e. The zero-order valence-corrected chi connectivity index (χ0v) is 19.9. The zero-order valence-electron chi connectivity index (χ0n) is 18.2. The summed E-state index contributed by atoms with van der Waals surface area (Å²) in [5.74, 6) is -0.500. The van der Waals surface area contributed by atoms with E-state index in [9.17, 15) is 14.9 Å². The van der Waals surface area contributed by atoms with Crippen molar-refractivity contribution in [2.75, 3.05) is 16.4 Å². The number of carbonyl (C=O) groups excluding carboxylic acids is 2. The molecule has 34 heavy (non-hydrogen) atoms. The Kier molecular flexibility index (Phi) is 7.42. The number of anilines is 2. The van der Waals surface area contributed by atoms with Crippen LogP contribution >= 0.6 is 23.1 Å². The fraction of sp³-hybridized carbons (Fsp3) is 0.120. The molecule has 3 N–H and O–H groups in total. The molecule has 0 saturated carbocycles. The summed E-state index contributed by atoms with van der Waals surface area (Å²) < 4.78 is 0. The lowest BCUT2D eigenvalue weighted by Gasteiger charge is -2.29. The number of thiophene rings is 1. The number of amides is 2. The van der Waals surface area contributed by atoms with E-state index in [1.165, 1.54) is 23.1 Å². The van der Waals surface area contributed by atoms with Crippen molar-refractivity contribution < 1.29 is 9.59 Å². The van der Waals surface area contributed by atoms with Crippen LogP contribution in [0.4, 0.5) is 11.5 Å². The van der Waals surface area contributed by atoms with Crippen LogP contribution < -0.4 is 16.0 Å². The topological polar surface area (TPSA) is 107 Å². The van der Waals surface area contributed by atoms with Crippen molar-refractivity contribution in [1.82, 2.24) is 10.3 Å². The third kappa shape index (κ3) is 5.36. The Hall–Kier alpha value is -3.87. The predicted molar refractivity (Wildman–Crippen MR) is 136 cm³/mol. The number of aromatic nitrogens is 1. The van der Waals surface area contributed by atoms with Crippen LogP contribution in [0.3, 0.4) is 0 Å². The van der Waals surface area contributed by atoms with E-state index in [-0.39, 0.29) is 17.6 Å². The van der Waals surface area contributed by atoms with Gasteiger partial charge in [0.25, 0.3) is 5.91 Å². The second-order valence-corrected chi connectivity index (χ2v) is 9.30. The number of nitrogens with zero attached hydrogens (tertiary/aromatic N) is 2. The highest BCUT2D eigenvalue weighted by Gasteiger charge is 2.35. The molecular weight excluding hydrogens is 466 g/mol. The standard InChI is InChI=1S/C25H21N5O2S2/c1-16-22(24(32)29-17-8-3-2-4-9-17)23(19-10-7-13-33-19)18(14-26)25(28-16)34-15-21(31)30-20-11-5-6-12-27-20/h2-13,23,28H,15H2,1H3,(H,29,32)(H,27,30,31). The van der Waals surface area contributed by atoms with Gasteiger partial charge in [0.2, 0.25) is 5.91 Å². The van der Waals surface area contributed by atoms with E-state index in [0.717, 1.165) is 4.88 Å². The van der Waals surface area contributed by atoms with Gasteiger partial charge in [-0.15, -0.1) is 11.3 Å². The van der Waals surface area contributed by atoms with Crippen molar-refractivity contribution in [3.63, 3.8) is 0 Å². The van der Waals surface area contributed by atoms with Gasteiger partial charge in [0.05, 0.1) is 28.3 Å². The number of thioether (sulfide) groups is 1. The number of rotatable bonds is 7. The third-order valence-electron chi connectivity index (χ3n) is 5.03. The summed E-state index contributed by atoms with van der Waals surface area (Å²) in [5, 5.41) is 21.4. The van der Waals surface area contributed by atoms with E-state index < -0.39 is 5.92 Å². The third-order valence-corrected chi connectivity index (χ3v) is 6.99. The predicted octanol–water partition coefficient (Wildman–Crippen LogP) is 4.85. The molecule has 1 aromatic carbocycles. The van der Waals surface area contributed by atoms with Crippen molar-refractivity contribution >= 4 is 46.4 Å². The molecule has 0 saturated heterocycles. The monoisotopic (exact) mass is 487 g/mol. The van der Waals surface area contributed by atoms with Gasteiger partial charge in [-0.2, -0.15) is 5.26 Å². The molecule has 1 aliphatic rings. The van der Waals surface area contributed by atoms with Gasteiger partial charge in [-0.05, 0) is 42.6 Å². The number of carbonyl (C=O) groups is 2. The lowest BCUT2D eigenvalue weighted by atomic mass is 9.86. The van der Waals surface area contributed by atoms with Crippen LogP contribution in [0.25, 0.3) is 0 Å². The molecular formula is C25H21N5O2S2. The van der Waals surface area contributed by atoms with E-state index >= 15 is 0 Å². The average molecular weight is 488 g/mol. The van der Waals surface area contributed by atoms with Gasteiger partial charge in [0.15, 0.2) is 0 Å². The highest BCUT2D eigenvalue weighted by atomic mass is 32.2. The molecule has 170 valence electrons. The Morgan fingerprint density at radius 2 is 1.91 bits per heavy atom. The number of allylic oxidation sites excluding steroid dienone is 2. The zero-order chi connectivity index (χ0) is 23.9. The molecule has 1 aliphatic heterocycles. The first-order valence-electron chi connectivity index (χ1n) is 10.4.